The third-order valence-corrected chi connectivity index (χ3v) is 7.12. The lowest BCUT2D eigenvalue weighted by Gasteiger charge is -2.40. The number of aliphatic hydroxyl groups excluding tert-OH is 1. The van der Waals surface area contributed by atoms with Gasteiger partial charge in [0.15, 0.2) is 5.76 Å². The summed E-state index contributed by atoms with van der Waals surface area (Å²) in [5.41, 5.74) is 4.24. The van der Waals surface area contributed by atoms with Crippen LogP contribution < -0.4 is 4.74 Å². The molecule has 4 aromatic rings. The zero-order valence-corrected chi connectivity index (χ0v) is 22.9. The number of piperazine rings is 1. The molecule has 0 saturated carbocycles. The monoisotopic (exact) mass is 539 g/mol. The van der Waals surface area contributed by atoms with E-state index in [1.807, 2.05) is 42.5 Å². The molecule has 40 heavy (non-hydrogen) atoms. The fourth-order valence-electron chi connectivity index (χ4n) is 5.17. The summed E-state index contributed by atoms with van der Waals surface area (Å²) in [6.45, 7) is 4.85. The SMILES string of the molecule is COCc1cc(C=Cc2ccccc2OCC(O)CN2CCN(C(c3ccccc3)c3ccccc3)CC2)no1. The van der Waals surface area contributed by atoms with Crippen molar-refractivity contribution in [1.82, 2.24) is 15.0 Å². The number of aromatic nitrogens is 1. The van der Waals surface area contributed by atoms with Crippen molar-refractivity contribution in [2.45, 2.75) is 18.8 Å². The minimum Gasteiger partial charge on any atom is -0.490 e. The van der Waals surface area contributed by atoms with E-state index in [-0.39, 0.29) is 12.6 Å². The second-order valence-corrected chi connectivity index (χ2v) is 10.0. The number of para-hydroxylation sites is 1. The zero-order chi connectivity index (χ0) is 27.6. The van der Waals surface area contributed by atoms with Crippen LogP contribution in [0.2, 0.25) is 0 Å². The van der Waals surface area contributed by atoms with Crippen molar-refractivity contribution in [3.8, 4) is 5.75 Å². The molecule has 5 rings (SSSR count). The molecule has 1 aliphatic rings. The molecule has 1 aromatic heterocycles. The van der Waals surface area contributed by atoms with E-state index in [1.165, 1.54) is 11.1 Å². The van der Waals surface area contributed by atoms with Gasteiger partial charge in [0, 0.05) is 51.5 Å². The van der Waals surface area contributed by atoms with Gasteiger partial charge in [0.25, 0.3) is 0 Å². The van der Waals surface area contributed by atoms with Crippen LogP contribution in [0.3, 0.4) is 0 Å². The van der Waals surface area contributed by atoms with Gasteiger partial charge in [-0.05, 0) is 29.3 Å². The minimum absolute atomic E-state index is 0.226. The third kappa shape index (κ3) is 7.46. The summed E-state index contributed by atoms with van der Waals surface area (Å²) in [7, 11) is 1.62. The summed E-state index contributed by atoms with van der Waals surface area (Å²) in [5.74, 6) is 1.39. The van der Waals surface area contributed by atoms with Gasteiger partial charge in [0.05, 0.1) is 6.04 Å². The Morgan fingerprint density at radius 3 is 2.20 bits per heavy atom. The number of β-amino-alcohol motifs (C(OH)–C–C–N with tert-alkyl or cyclic N) is 1. The Bertz CT molecular complexity index is 1290. The molecule has 7 nitrogen and oxygen atoms in total. The summed E-state index contributed by atoms with van der Waals surface area (Å²) in [6.07, 6.45) is 3.22. The Kier molecular flexibility index (Phi) is 9.77. The fourth-order valence-corrected chi connectivity index (χ4v) is 5.17. The van der Waals surface area contributed by atoms with Crippen LogP contribution in [0.4, 0.5) is 0 Å². The maximum atomic E-state index is 10.8. The van der Waals surface area contributed by atoms with Crippen molar-refractivity contribution in [3.05, 3.63) is 119 Å². The molecule has 1 unspecified atom stereocenters. The first-order chi connectivity index (χ1) is 19.7. The number of rotatable bonds is 12. The van der Waals surface area contributed by atoms with E-state index in [4.69, 9.17) is 14.0 Å². The molecule has 1 saturated heterocycles. The topological polar surface area (TPSA) is 71.2 Å². The smallest absolute Gasteiger partial charge is 0.162 e. The average molecular weight is 540 g/mol. The van der Waals surface area contributed by atoms with Crippen LogP contribution in [0.1, 0.15) is 34.2 Å². The normalized spacial score (nSPS) is 15.6. The number of benzene rings is 3. The molecule has 208 valence electrons. The van der Waals surface area contributed by atoms with Crippen LogP contribution >= 0.6 is 0 Å². The van der Waals surface area contributed by atoms with Crippen molar-refractivity contribution >= 4 is 12.2 Å². The molecule has 1 atom stereocenters. The van der Waals surface area contributed by atoms with Gasteiger partial charge in [-0.25, -0.2) is 0 Å². The van der Waals surface area contributed by atoms with Crippen LogP contribution in [-0.2, 0) is 11.3 Å². The number of hydrogen-bond acceptors (Lipinski definition) is 7. The van der Waals surface area contributed by atoms with Crippen LogP contribution in [0.5, 0.6) is 5.75 Å². The fraction of sp³-hybridized carbons (Fsp3) is 0.303. The highest BCUT2D eigenvalue weighted by atomic mass is 16.5. The number of ether oxygens (including phenoxy) is 2. The van der Waals surface area contributed by atoms with Gasteiger partial charge in [-0.3, -0.25) is 9.80 Å². The van der Waals surface area contributed by atoms with Gasteiger partial charge >= 0.3 is 0 Å². The van der Waals surface area contributed by atoms with Gasteiger partial charge in [0.2, 0.25) is 0 Å². The van der Waals surface area contributed by atoms with Gasteiger partial charge in [-0.2, -0.15) is 0 Å². The molecular formula is C33H37N3O4. The van der Waals surface area contributed by atoms with E-state index < -0.39 is 6.10 Å². The Morgan fingerprint density at radius 2 is 1.52 bits per heavy atom. The number of methoxy groups -OCH3 is 1. The van der Waals surface area contributed by atoms with Crippen LogP contribution in [0.25, 0.3) is 12.2 Å². The molecule has 0 bridgehead atoms. The first-order valence-electron chi connectivity index (χ1n) is 13.8. The lowest BCUT2D eigenvalue weighted by Crippen LogP contribution is -2.50. The summed E-state index contributed by atoms with van der Waals surface area (Å²) in [4.78, 5) is 4.87. The van der Waals surface area contributed by atoms with Gasteiger partial charge < -0.3 is 19.1 Å². The summed E-state index contributed by atoms with van der Waals surface area (Å²) in [5, 5.41) is 14.9. The lowest BCUT2D eigenvalue weighted by atomic mass is 9.96. The third-order valence-electron chi connectivity index (χ3n) is 7.12. The molecule has 3 aromatic carbocycles. The summed E-state index contributed by atoms with van der Waals surface area (Å²) < 4.78 is 16.4. The molecular weight excluding hydrogens is 502 g/mol. The number of hydrogen-bond donors (Lipinski definition) is 1. The van der Waals surface area contributed by atoms with Gasteiger partial charge in [-0.1, -0.05) is 84.0 Å². The molecule has 0 amide bonds. The quantitative estimate of drug-likeness (QED) is 0.267. The minimum atomic E-state index is -0.588. The van der Waals surface area contributed by atoms with E-state index in [0.29, 0.717) is 24.6 Å². The molecule has 7 heteroatoms. The largest absolute Gasteiger partial charge is 0.490 e. The van der Waals surface area contributed by atoms with Gasteiger partial charge in [0.1, 0.15) is 30.8 Å². The van der Waals surface area contributed by atoms with Crippen molar-refractivity contribution < 1.29 is 19.1 Å². The predicted octanol–water partition coefficient (Wildman–Crippen LogP) is 5.14. The molecule has 1 fully saturated rings. The number of nitrogens with zero attached hydrogens (tertiary/aromatic N) is 3. The Hall–Kier alpha value is -3.75. The number of aliphatic hydroxyl groups is 1. The average Bonchev–Trinajstić information content (AvgIpc) is 3.45. The Balaban J connectivity index is 1.13. The van der Waals surface area contributed by atoms with E-state index in [2.05, 4.69) is 75.6 Å². The summed E-state index contributed by atoms with van der Waals surface area (Å²) in [6, 6.07) is 31.3. The second kappa shape index (κ2) is 14.1. The second-order valence-electron chi connectivity index (χ2n) is 10.0. The standard InChI is InChI=1S/C33H37N3O4/c1-38-25-31-22-29(34-40-31)17-16-26-10-8-9-15-32(26)39-24-30(37)23-35-18-20-36(21-19-35)33(27-11-4-2-5-12-27)28-13-6-3-7-14-28/h2-17,22,30,33,37H,18-21,23-25H2,1H3. The maximum absolute atomic E-state index is 10.8. The van der Waals surface area contributed by atoms with Crippen molar-refractivity contribution in [2.75, 3.05) is 46.4 Å². The molecule has 0 aliphatic carbocycles. The molecule has 0 radical (unpaired) electrons. The zero-order valence-electron chi connectivity index (χ0n) is 22.9. The maximum Gasteiger partial charge on any atom is 0.162 e. The van der Waals surface area contributed by atoms with Crippen molar-refractivity contribution in [1.29, 1.82) is 0 Å². The molecule has 0 spiro atoms. The van der Waals surface area contributed by atoms with E-state index in [9.17, 15) is 5.11 Å². The van der Waals surface area contributed by atoms with Gasteiger partial charge in [-0.15, -0.1) is 0 Å². The van der Waals surface area contributed by atoms with Crippen LogP contribution in [0.15, 0.2) is 95.5 Å². The van der Waals surface area contributed by atoms with E-state index in [0.717, 1.165) is 37.5 Å². The predicted molar refractivity (Wildman–Crippen MR) is 157 cm³/mol. The first kappa shape index (κ1) is 27.8. The lowest BCUT2D eigenvalue weighted by molar-refractivity contribution is 0.0400. The highest BCUT2D eigenvalue weighted by Crippen LogP contribution is 2.29. The van der Waals surface area contributed by atoms with E-state index >= 15 is 0 Å². The highest BCUT2D eigenvalue weighted by Gasteiger charge is 2.27. The van der Waals surface area contributed by atoms with E-state index in [1.54, 1.807) is 7.11 Å². The Morgan fingerprint density at radius 1 is 0.875 bits per heavy atom. The summed E-state index contributed by atoms with van der Waals surface area (Å²) >= 11 is 0. The Labute approximate surface area is 236 Å². The van der Waals surface area contributed by atoms with Crippen LogP contribution in [0, 0.1) is 0 Å². The van der Waals surface area contributed by atoms with Crippen molar-refractivity contribution in [3.63, 3.8) is 0 Å². The first-order valence-corrected chi connectivity index (χ1v) is 13.8. The molecule has 1 N–H and O–H groups in total. The van der Waals surface area contributed by atoms with Crippen molar-refractivity contribution in [2.24, 2.45) is 0 Å². The van der Waals surface area contributed by atoms with Crippen LogP contribution in [-0.4, -0.2) is 72.6 Å². The highest BCUT2D eigenvalue weighted by molar-refractivity contribution is 5.71. The molecule has 1 aliphatic heterocycles. The molecule has 2 heterocycles.